The summed E-state index contributed by atoms with van der Waals surface area (Å²) in [5.41, 5.74) is 0.939. The van der Waals surface area contributed by atoms with Gasteiger partial charge in [-0.1, -0.05) is 32.4 Å². The Morgan fingerprint density at radius 2 is 1.97 bits per heavy atom. The van der Waals surface area contributed by atoms with E-state index in [1.54, 1.807) is 23.2 Å². The average Bonchev–Trinajstić information content (AvgIpc) is 3.23. The van der Waals surface area contributed by atoms with Crippen LogP contribution in [0.1, 0.15) is 27.2 Å². The van der Waals surface area contributed by atoms with Gasteiger partial charge in [0.05, 0.1) is 11.6 Å². The lowest BCUT2D eigenvalue weighted by atomic mass is 9.91. The first-order valence-corrected chi connectivity index (χ1v) is 12.0. The van der Waals surface area contributed by atoms with E-state index >= 15 is 0 Å². The summed E-state index contributed by atoms with van der Waals surface area (Å²) in [6.45, 7) is 4.73. The zero-order valence-electron chi connectivity index (χ0n) is 20.6. The van der Waals surface area contributed by atoms with Crippen LogP contribution in [-0.2, 0) is 9.59 Å². The average molecular weight is 538 g/mol. The number of hydrogen-bond acceptors (Lipinski definition) is 6. The van der Waals surface area contributed by atoms with Crippen molar-refractivity contribution in [2.45, 2.75) is 39.4 Å². The predicted molar refractivity (Wildman–Crippen MR) is 133 cm³/mol. The molecular weight excluding hydrogens is 511 g/mol. The summed E-state index contributed by atoms with van der Waals surface area (Å²) in [5.74, 6) is -0.320. The van der Waals surface area contributed by atoms with Crippen LogP contribution in [0, 0.1) is 5.41 Å². The normalized spacial score (nSPS) is 16.8. The molecule has 0 radical (unpaired) electrons. The molecule has 1 saturated heterocycles. The minimum absolute atomic E-state index is 0.0649. The van der Waals surface area contributed by atoms with Crippen molar-refractivity contribution >= 4 is 40.3 Å². The van der Waals surface area contributed by atoms with Gasteiger partial charge in [-0.2, -0.15) is 13.2 Å². The SMILES string of the molecule is CC(C)(C)CC(=O)N1CCN(c2ccnc(-c3c[nH]c4ncc(Cl)cc34)n2)C(C(=O)NCC(F)(F)F)C1. The number of piperazine rings is 1. The molecule has 1 unspecified atom stereocenters. The van der Waals surface area contributed by atoms with E-state index in [0.29, 0.717) is 39.8 Å². The lowest BCUT2D eigenvalue weighted by Gasteiger charge is -2.41. The third-order valence-corrected chi connectivity index (χ3v) is 6.06. The molecule has 1 aliphatic rings. The van der Waals surface area contributed by atoms with Gasteiger partial charge in [0.15, 0.2) is 5.82 Å². The molecule has 2 amide bonds. The number of pyridine rings is 1. The molecule has 37 heavy (non-hydrogen) atoms. The van der Waals surface area contributed by atoms with Crippen molar-refractivity contribution in [3.63, 3.8) is 0 Å². The Balaban J connectivity index is 1.64. The Labute approximate surface area is 216 Å². The molecule has 3 aromatic rings. The van der Waals surface area contributed by atoms with Gasteiger partial charge in [-0.05, 0) is 17.5 Å². The van der Waals surface area contributed by atoms with Gasteiger partial charge in [0.1, 0.15) is 24.1 Å². The first-order valence-electron chi connectivity index (χ1n) is 11.7. The van der Waals surface area contributed by atoms with Crippen LogP contribution in [0.4, 0.5) is 19.0 Å². The highest BCUT2D eigenvalue weighted by atomic mass is 35.5. The van der Waals surface area contributed by atoms with Crippen LogP contribution < -0.4 is 10.2 Å². The number of fused-ring (bicyclic) bond motifs is 1. The fraction of sp³-hybridized carbons (Fsp3) is 0.458. The minimum Gasteiger partial charge on any atom is -0.345 e. The second-order valence-electron chi connectivity index (χ2n) is 10.1. The van der Waals surface area contributed by atoms with E-state index in [1.807, 2.05) is 26.1 Å². The lowest BCUT2D eigenvalue weighted by molar-refractivity contribution is -0.141. The summed E-state index contributed by atoms with van der Waals surface area (Å²) in [5, 5.41) is 3.09. The van der Waals surface area contributed by atoms with Crippen molar-refractivity contribution in [3.05, 3.63) is 35.7 Å². The first-order chi connectivity index (χ1) is 17.3. The van der Waals surface area contributed by atoms with E-state index in [9.17, 15) is 22.8 Å². The summed E-state index contributed by atoms with van der Waals surface area (Å²) < 4.78 is 38.5. The molecule has 0 aliphatic carbocycles. The maximum Gasteiger partial charge on any atom is 0.405 e. The second kappa shape index (κ2) is 10.2. The minimum atomic E-state index is -4.57. The van der Waals surface area contributed by atoms with Crippen LogP contribution >= 0.6 is 11.6 Å². The standard InChI is InChI=1S/C24H27ClF3N7O2/c1-23(2,3)9-19(36)34-6-7-35(17(12-34)22(37)32-13-24(26,27)28)18-4-5-29-21(33-18)16-11-31-20-15(16)8-14(25)10-30-20/h4-5,8,10-11,17H,6-7,9,12-13H2,1-3H3,(H,30,31)(H,32,37). The molecule has 13 heteroatoms. The molecule has 198 valence electrons. The maximum atomic E-state index is 12.9. The smallest absolute Gasteiger partial charge is 0.345 e. The number of amides is 2. The maximum absolute atomic E-state index is 12.9. The third-order valence-electron chi connectivity index (χ3n) is 5.85. The van der Waals surface area contributed by atoms with Gasteiger partial charge in [-0.15, -0.1) is 0 Å². The van der Waals surface area contributed by atoms with Crippen molar-refractivity contribution in [1.29, 1.82) is 0 Å². The Bertz CT molecular complexity index is 1310. The van der Waals surface area contributed by atoms with Gasteiger partial charge in [0, 0.05) is 49.1 Å². The van der Waals surface area contributed by atoms with Crippen LogP contribution in [0.3, 0.4) is 0 Å². The molecule has 4 rings (SSSR count). The topological polar surface area (TPSA) is 107 Å². The molecule has 4 heterocycles. The van der Waals surface area contributed by atoms with Crippen molar-refractivity contribution < 1.29 is 22.8 Å². The molecule has 1 aliphatic heterocycles. The fourth-order valence-electron chi connectivity index (χ4n) is 4.18. The highest BCUT2D eigenvalue weighted by molar-refractivity contribution is 6.31. The van der Waals surface area contributed by atoms with Gasteiger partial charge >= 0.3 is 6.18 Å². The van der Waals surface area contributed by atoms with Crippen LogP contribution in [0.5, 0.6) is 0 Å². The predicted octanol–water partition coefficient (Wildman–Crippen LogP) is 3.81. The van der Waals surface area contributed by atoms with E-state index in [4.69, 9.17) is 11.6 Å². The molecule has 0 aromatic carbocycles. The van der Waals surface area contributed by atoms with Crippen molar-refractivity contribution in [2.24, 2.45) is 5.41 Å². The van der Waals surface area contributed by atoms with Crippen LogP contribution in [0.25, 0.3) is 22.4 Å². The zero-order valence-corrected chi connectivity index (χ0v) is 21.3. The van der Waals surface area contributed by atoms with Crippen LogP contribution in [-0.4, -0.2) is 75.0 Å². The Hall–Kier alpha value is -3.41. The number of aromatic amines is 1. The van der Waals surface area contributed by atoms with E-state index in [0.717, 1.165) is 0 Å². The summed E-state index contributed by atoms with van der Waals surface area (Å²) >= 11 is 6.10. The number of alkyl halides is 3. The fourth-order valence-corrected chi connectivity index (χ4v) is 4.34. The molecule has 0 saturated carbocycles. The van der Waals surface area contributed by atoms with E-state index in [1.165, 1.54) is 17.3 Å². The number of rotatable bonds is 5. The number of nitrogens with one attached hydrogen (secondary N) is 2. The van der Waals surface area contributed by atoms with Crippen molar-refractivity contribution in [2.75, 3.05) is 31.1 Å². The van der Waals surface area contributed by atoms with E-state index in [-0.39, 0.29) is 30.8 Å². The molecule has 0 bridgehead atoms. The second-order valence-corrected chi connectivity index (χ2v) is 10.5. The Kier molecular flexibility index (Phi) is 7.31. The number of carbonyl (C=O) groups excluding carboxylic acids is 2. The monoisotopic (exact) mass is 537 g/mol. The number of carbonyl (C=O) groups is 2. The number of anilines is 1. The largest absolute Gasteiger partial charge is 0.405 e. The van der Waals surface area contributed by atoms with Gasteiger partial charge in [-0.25, -0.2) is 15.0 Å². The zero-order chi connectivity index (χ0) is 27.0. The highest BCUT2D eigenvalue weighted by Crippen LogP contribution is 2.29. The van der Waals surface area contributed by atoms with Gasteiger partial charge in [0.25, 0.3) is 0 Å². The molecule has 1 atom stereocenters. The number of hydrogen-bond donors (Lipinski definition) is 2. The molecule has 1 fully saturated rings. The summed E-state index contributed by atoms with van der Waals surface area (Å²) in [6.07, 6.45) is 0.383. The summed E-state index contributed by atoms with van der Waals surface area (Å²) in [7, 11) is 0. The van der Waals surface area contributed by atoms with Gasteiger partial charge in [-0.3, -0.25) is 9.59 Å². The summed E-state index contributed by atoms with van der Waals surface area (Å²) in [6, 6.07) is 2.24. The molecule has 0 spiro atoms. The highest BCUT2D eigenvalue weighted by Gasteiger charge is 2.38. The molecule has 9 nitrogen and oxygen atoms in total. The summed E-state index contributed by atoms with van der Waals surface area (Å²) in [4.78, 5) is 45.1. The van der Waals surface area contributed by atoms with Crippen LogP contribution in [0.15, 0.2) is 30.7 Å². The van der Waals surface area contributed by atoms with Crippen molar-refractivity contribution in [1.82, 2.24) is 30.2 Å². The first kappa shape index (κ1) is 26.6. The number of aromatic nitrogens is 4. The quantitative estimate of drug-likeness (QED) is 0.512. The Morgan fingerprint density at radius 1 is 1.22 bits per heavy atom. The Morgan fingerprint density at radius 3 is 2.68 bits per heavy atom. The van der Waals surface area contributed by atoms with Gasteiger partial charge < -0.3 is 20.1 Å². The van der Waals surface area contributed by atoms with Crippen molar-refractivity contribution in [3.8, 4) is 11.4 Å². The number of halogens is 4. The van der Waals surface area contributed by atoms with Gasteiger partial charge in [0.2, 0.25) is 11.8 Å². The molecular formula is C24H27ClF3N7O2. The van der Waals surface area contributed by atoms with E-state index in [2.05, 4.69) is 19.9 Å². The number of H-pyrrole nitrogens is 1. The van der Waals surface area contributed by atoms with Crippen LogP contribution in [0.2, 0.25) is 5.02 Å². The molecule has 3 aromatic heterocycles. The lowest BCUT2D eigenvalue weighted by Crippen LogP contribution is -2.61. The third kappa shape index (κ3) is 6.48. The van der Waals surface area contributed by atoms with E-state index < -0.39 is 24.7 Å². The number of nitrogens with zero attached hydrogens (tertiary/aromatic N) is 5. The molecule has 2 N–H and O–H groups in total.